The standard InChI is InChI=1S/C15H13FN2O2/c1-10-8-11-6-7-17(13-4-2-12(16)3-5-13)15(11)9-14(10)18(19)20/h2-5,8-9H,6-7H2,1H3. The molecule has 0 atom stereocenters. The van der Waals surface area contributed by atoms with Crippen LogP contribution in [0.5, 0.6) is 0 Å². The number of halogens is 1. The van der Waals surface area contributed by atoms with Crippen LogP contribution in [-0.2, 0) is 6.42 Å². The van der Waals surface area contributed by atoms with Crippen LogP contribution >= 0.6 is 0 Å². The third kappa shape index (κ3) is 2.01. The summed E-state index contributed by atoms with van der Waals surface area (Å²) in [7, 11) is 0. The highest BCUT2D eigenvalue weighted by molar-refractivity contribution is 5.73. The highest BCUT2D eigenvalue weighted by Crippen LogP contribution is 2.38. The van der Waals surface area contributed by atoms with Crippen molar-refractivity contribution in [2.45, 2.75) is 13.3 Å². The molecule has 4 nitrogen and oxygen atoms in total. The van der Waals surface area contributed by atoms with E-state index in [1.807, 2.05) is 11.0 Å². The van der Waals surface area contributed by atoms with E-state index in [1.54, 1.807) is 25.1 Å². The van der Waals surface area contributed by atoms with E-state index >= 15 is 0 Å². The molecule has 0 saturated heterocycles. The average molecular weight is 272 g/mol. The molecular formula is C15H13FN2O2. The lowest BCUT2D eigenvalue weighted by Gasteiger charge is -2.19. The first-order valence-corrected chi connectivity index (χ1v) is 6.37. The first-order chi connectivity index (χ1) is 9.56. The Morgan fingerprint density at radius 2 is 1.95 bits per heavy atom. The van der Waals surface area contributed by atoms with Crippen molar-refractivity contribution >= 4 is 17.1 Å². The largest absolute Gasteiger partial charge is 0.341 e. The van der Waals surface area contributed by atoms with Gasteiger partial charge in [0, 0.05) is 23.9 Å². The second-order valence-corrected chi connectivity index (χ2v) is 4.90. The lowest BCUT2D eigenvalue weighted by Crippen LogP contribution is -2.13. The lowest BCUT2D eigenvalue weighted by atomic mass is 10.1. The van der Waals surface area contributed by atoms with Crippen LogP contribution in [-0.4, -0.2) is 11.5 Å². The molecule has 0 bridgehead atoms. The summed E-state index contributed by atoms with van der Waals surface area (Å²) in [6.45, 7) is 2.50. The normalized spacial score (nSPS) is 13.4. The van der Waals surface area contributed by atoms with Gasteiger partial charge in [-0.1, -0.05) is 0 Å². The molecule has 5 heteroatoms. The molecule has 0 aromatic heterocycles. The van der Waals surface area contributed by atoms with Crippen LogP contribution in [0.25, 0.3) is 0 Å². The van der Waals surface area contributed by atoms with Crippen molar-refractivity contribution in [1.29, 1.82) is 0 Å². The zero-order chi connectivity index (χ0) is 14.3. The monoisotopic (exact) mass is 272 g/mol. The number of rotatable bonds is 2. The van der Waals surface area contributed by atoms with Crippen molar-refractivity contribution in [2.75, 3.05) is 11.4 Å². The van der Waals surface area contributed by atoms with Crippen LogP contribution in [0.2, 0.25) is 0 Å². The van der Waals surface area contributed by atoms with Crippen molar-refractivity contribution in [3.63, 3.8) is 0 Å². The van der Waals surface area contributed by atoms with Gasteiger partial charge in [-0.15, -0.1) is 0 Å². The van der Waals surface area contributed by atoms with E-state index in [0.717, 1.165) is 29.9 Å². The molecule has 0 unspecified atom stereocenters. The Labute approximate surface area is 115 Å². The maximum absolute atomic E-state index is 13.0. The summed E-state index contributed by atoms with van der Waals surface area (Å²) in [5, 5.41) is 11.0. The number of benzene rings is 2. The first kappa shape index (κ1) is 12.6. The van der Waals surface area contributed by atoms with E-state index in [1.165, 1.54) is 12.1 Å². The van der Waals surface area contributed by atoms with Gasteiger partial charge in [-0.3, -0.25) is 10.1 Å². The number of hydrogen-bond donors (Lipinski definition) is 0. The maximum atomic E-state index is 13.0. The third-order valence-corrected chi connectivity index (χ3v) is 3.63. The number of fused-ring (bicyclic) bond motifs is 1. The van der Waals surface area contributed by atoms with Gasteiger partial charge in [0.2, 0.25) is 0 Å². The number of hydrogen-bond acceptors (Lipinski definition) is 3. The van der Waals surface area contributed by atoms with Crippen molar-refractivity contribution in [2.24, 2.45) is 0 Å². The van der Waals surface area contributed by atoms with Gasteiger partial charge in [-0.2, -0.15) is 0 Å². The van der Waals surface area contributed by atoms with Crippen LogP contribution in [0.4, 0.5) is 21.5 Å². The maximum Gasteiger partial charge on any atom is 0.274 e. The Kier molecular flexibility index (Phi) is 2.89. The summed E-state index contributed by atoms with van der Waals surface area (Å²) in [6, 6.07) is 9.66. The summed E-state index contributed by atoms with van der Waals surface area (Å²) in [4.78, 5) is 12.7. The van der Waals surface area contributed by atoms with Crippen molar-refractivity contribution in [3.05, 3.63) is 63.5 Å². The van der Waals surface area contributed by atoms with Crippen LogP contribution in [0.3, 0.4) is 0 Å². The van der Waals surface area contributed by atoms with Gasteiger partial charge in [-0.05, 0) is 49.2 Å². The minimum Gasteiger partial charge on any atom is -0.341 e. The van der Waals surface area contributed by atoms with Crippen LogP contribution in [0, 0.1) is 22.9 Å². The van der Waals surface area contributed by atoms with Crippen LogP contribution in [0.1, 0.15) is 11.1 Å². The zero-order valence-electron chi connectivity index (χ0n) is 11.0. The molecule has 1 aliphatic heterocycles. The molecule has 102 valence electrons. The number of nitro groups is 1. The minimum atomic E-state index is -0.364. The van der Waals surface area contributed by atoms with Crippen molar-refractivity contribution in [3.8, 4) is 0 Å². The average Bonchev–Trinajstić information content (AvgIpc) is 2.81. The Hall–Kier alpha value is -2.43. The van der Waals surface area contributed by atoms with Crippen molar-refractivity contribution < 1.29 is 9.31 Å². The lowest BCUT2D eigenvalue weighted by molar-refractivity contribution is -0.385. The van der Waals surface area contributed by atoms with Crippen molar-refractivity contribution in [1.82, 2.24) is 0 Å². The smallest absolute Gasteiger partial charge is 0.274 e. The highest BCUT2D eigenvalue weighted by atomic mass is 19.1. The van der Waals surface area contributed by atoms with E-state index in [0.29, 0.717) is 5.56 Å². The van der Waals surface area contributed by atoms with Gasteiger partial charge in [0.05, 0.1) is 10.6 Å². The molecule has 1 aliphatic rings. The molecule has 0 spiro atoms. The van der Waals surface area contributed by atoms with Crippen LogP contribution < -0.4 is 4.90 Å². The molecule has 0 fully saturated rings. The predicted molar refractivity (Wildman–Crippen MR) is 74.9 cm³/mol. The molecule has 2 aromatic carbocycles. The first-order valence-electron chi connectivity index (χ1n) is 6.37. The number of nitrogens with zero attached hydrogens (tertiary/aromatic N) is 2. The molecule has 2 aromatic rings. The van der Waals surface area contributed by atoms with Gasteiger partial charge < -0.3 is 4.90 Å². The fraction of sp³-hybridized carbons (Fsp3) is 0.200. The fourth-order valence-electron chi connectivity index (χ4n) is 2.64. The fourth-order valence-corrected chi connectivity index (χ4v) is 2.64. The summed E-state index contributed by atoms with van der Waals surface area (Å²) >= 11 is 0. The Balaban J connectivity index is 2.07. The molecule has 0 saturated carbocycles. The Bertz CT molecular complexity index is 683. The molecule has 1 heterocycles. The Morgan fingerprint density at radius 1 is 1.25 bits per heavy atom. The molecular weight excluding hydrogens is 259 g/mol. The molecule has 3 rings (SSSR count). The van der Waals surface area contributed by atoms with Gasteiger partial charge >= 0.3 is 0 Å². The quantitative estimate of drug-likeness (QED) is 0.618. The minimum absolute atomic E-state index is 0.123. The van der Waals surface area contributed by atoms with E-state index in [-0.39, 0.29) is 16.4 Å². The van der Waals surface area contributed by atoms with Crippen LogP contribution in [0.15, 0.2) is 36.4 Å². The number of anilines is 2. The molecule has 0 amide bonds. The summed E-state index contributed by atoms with van der Waals surface area (Å²) in [6.07, 6.45) is 0.839. The number of nitro benzene ring substituents is 1. The van der Waals surface area contributed by atoms with Gasteiger partial charge in [0.25, 0.3) is 5.69 Å². The topological polar surface area (TPSA) is 46.4 Å². The molecule has 0 N–H and O–H groups in total. The highest BCUT2D eigenvalue weighted by Gasteiger charge is 2.25. The second kappa shape index (κ2) is 4.59. The van der Waals surface area contributed by atoms with E-state index in [9.17, 15) is 14.5 Å². The third-order valence-electron chi connectivity index (χ3n) is 3.63. The molecule has 0 radical (unpaired) electrons. The van der Waals surface area contributed by atoms with Gasteiger partial charge in [0.1, 0.15) is 5.82 Å². The van der Waals surface area contributed by atoms with Gasteiger partial charge in [-0.25, -0.2) is 4.39 Å². The summed E-state index contributed by atoms with van der Waals surface area (Å²) in [5.41, 5.74) is 3.59. The molecule has 20 heavy (non-hydrogen) atoms. The van der Waals surface area contributed by atoms with E-state index in [4.69, 9.17) is 0 Å². The van der Waals surface area contributed by atoms with E-state index in [2.05, 4.69) is 0 Å². The van der Waals surface area contributed by atoms with E-state index < -0.39 is 0 Å². The predicted octanol–water partition coefficient (Wildman–Crippen LogP) is 3.74. The zero-order valence-corrected chi connectivity index (χ0v) is 11.0. The Morgan fingerprint density at radius 3 is 2.60 bits per heavy atom. The van der Waals surface area contributed by atoms with Gasteiger partial charge in [0.15, 0.2) is 0 Å². The number of aryl methyl sites for hydroxylation is 1. The summed E-state index contributed by atoms with van der Waals surface area (Å²) in [5.74, 6) is -0.289. The summed E-state index contributed by atoms with van der Waals surface area (Å²) < 4.78 is 13.0. The second-order valence-electron chi connectivity index (χ2n) is 4.90. The SMILES string of the molecule is Cc1cc2c(cc1[N+](=O)[O-])N(c1ccc(F)cc1)CC2. The molecule has 0 aliphatic carbocycles.